The predicted molar refractivity (Wildman–Crippen MR) is 38.4 cm³/mol. The molecule has 58 valence electrons. The zero-order valence-corrected chi connectivity index (χ0v) is 5.84. The molecule has 1 aliphatic heterocycles. The summed E-state index contributed by atoms with van der Waals surface area (Å²) in [6.07, 6.45) is 8.80. The maximum absolute atomic E-state index is 4.80. The first-order valence-corrected chi connectivity index (χ1v) is 3.10. The van der Waals surface area contributed by atoms with Gasteiger partial charge in [0.2, 0.25) is 0 Å². The fraction of sp³-hybridized carbons (Fsp3) is 0.167. The van der Waals surface area contributed by atoms with Gasteiger partial charge in [0.1, 0.15) is 6.61 Å². The first-order valence-electron chi connectivity index (χ1n) is 3.10. The summed E-state index contributed by atoms with van der Waals surface area (Å²) in [4.78, 5) is 0. The first kappa shape index (κ1) is 7.46. The lowest BCUT2D eigenvalue weighted by Gasteiger charge is -1.94. The van der Waals surface area contributed by atoms with Gasteiger partial charge in [0.15, 0.2) is 6.33 Å². The Bertz CT molecular complexity index is 187. The average molecular weight is 152 g/mol. The van der Waals surface area contributed by atoms with E-state index in [2.05, 4.69) is 20.6 Å². The molecule has 0 saturated heterocycles. The molecule has 1 N–H and O–H groups in total. The van der Waals surface area contributed by atoms with Crippen LogP contribution in [0.15, 0.2) is 30.8 Å². The molecule has 0 radical (unpaired) electrons. The van der Waals surface area contributed by atoms with Gasteiger partial charge in [-0.25, -0.2) is 0 Å². The summed E-state index contributed by atoms with van der Waals surface area (Å²) < 4.78 is 4.80. The van der Waals surface area contributed by atoms with Crippen molar-refractivity contribution in [3.05, 3.63) is 30.8 Å². The number of hydrogen-bond acceptors (Lipinski definition) is 4. The van der Waals surface area contributed by atoms with Crippen molar-refractivity contribution in [3.63, 3.8) is 0 Å². The van der Waals surface area contributed by atoms with Crippen LogP contribution in [0.5, 0.6) is 0 Å². The molecule has 1 aliphatic rings. The van der Waals surface area contributed by atoms with E-state index < -0.39 is 0 Å². The van der Waals surface area contributed by atoms with Crippen LogP contribution in [0.3, 0.4) is 0 Å². The minimum atomic E-state index is 0.733. The van der Waals surface area contributed by atoms with Crippen LogP contribution in [-0.4, -0.2) is 27.2 Å². The normalized spacial score (nSPS) is 13.1. The summed E-state index contributed by atoms with van der Waals surface area (Å²) in [5.74, 6) is 0. The van der Waals surface area contributed by atoms with Crippen LogP contribution < -0.4 is 0 Å². The zero-order valence-electron chi connectivity index (χ0n) is 5.84. The van der Waals surface area contributed by atoms with Crippen molar-refractivity contribution in [1.82, 2.24) is 20.6 Å². The van der Waals surface area contributed by atoms with E-state index in [9.17, 15) is 0 Å². The standard InChI is InChI=1S/C5H6O.CH2N4/c1-2-4-6-5-3-1;1-2-4-5-3-1/h1-4H,5H2;1H,(H,2,3,4,5). The van der Waals surface area contributed by atoms with Crippen LogP contribution in [0.1, 0.15) is 0 Å². The lowest BCUT2D eigenvalue weighted by Crippen LogP contribution is -1.82. The van der Waals surface area contributed by atoms with E-state index >= 15 is 0 Å². The number of ether oxygens (including phenoxy) is 1. The van der Waals surface area contributed by atoms with Gasteiger partial charge < -0.3 is 4.74 Å². The van der Waals surface area contributed by atoms with Gasteiger partial charge in [0.05, 0.1) is 6.26 Å². The van der Waals surface area contributed by atoms with E-state index in [1.165, 1.54) is 6.33 Å². The smallest absolute Gasteiger partial charge is 0.161 e. The van der Waals surface area contributed by atoms with Gasteiger partial charge in [-0.15, -0.1) is 10.2 Å². The summed E-state index contributed by atoms with van der Waals surface area (Å²) in [5.41, 5.74) is 0. The van der Waals surface area contributed by atoms with Crippen molar-refractivity contribution in [2.24, 2.45) is 0 Å². The maximum atomic E-state index is 4.80. The van der Waals surface area contributed by atoms with Gasteiger partial charge in [-0.3, -0.25) is 0 Å². The molecular weight excluding hydrogens is 144 g/mol. The van der Waals surface area contributed by atoms with Gasteiger partial charge >= 0.3 is 0 Å². The monoisotopic (exact) mass is 152 g/mol. The minimum absolute atomic E-state index is 0.733. The molecule has 0 unspecified atom stereocenters. The second-order valence-electron chi connectivity index (χ2n) is 1.65. The first-order chi connectivity index (χ1) is 5.50. The van der Waals surface area contributed by atoms with Crippen molar-refractivity contribution in [2.75, 3.05) is 6.61 Å². The second kappa shape index (κ2) is 5.16. The van der Waals surface area contributed by atoms with E-state index in [0.717, 1.165) is 6.61 Å². The Morgan fingerprint density at radius 3 is 2.55 bits per heavy atom. The fourth-order valence-corrected chi connectivity index (χ4v) is 0.475. The van der Waals surface area contributed by atoms with Crippen molar-refractivity contribution < 1.29 is 4.74 Å². The van der Waals surface area contributed by atoms with E-state index in [1.807, 2.05) is 18.2 Å². The number of nitrogens with zero attached hydrogens (tertiary/aromatic N) is 3. The van der Waals surface area contributed by atoms with Crippen molar-refractivity contribution in [1.29, 1.82) is 0 Å². The molecule has 0 amide bonds. The van der Waals surface area contributed by atoms with Crippen molar-refractivity contribution >= 4 is 0 Å². The zero-order chi connectivity index (χ0) is 7.78. The van der Waals surface area contributed by atoms with E-state index in [-0.39, 0.29) is 0 Å². The maximum Gasteiger partial charge on any atom is 0.161 e. The highest BCUT2D eigenvalue weighted by Crippen LogP contribution is 1.87. The van der Waals surface area contributed by atoms with Crippen molar-refractivity contribution in [3.8, 4) is 0 Å². The molecule has 1 aromatic rings. The summed E-state index contributed by atoms with van der Waals surface area (Å²) >= 11 is 0. The predicted octanol–water partition coefficient (Wildman–Crippen LogP) is 0.286. The van der Waals surface area contributed by atoms with Gasteiger partial charge in [-0.1, -0.05) is 11.3 Å². The number of nitrogens with one attached hydrogen (secondary N) is 1. The molecule has 11 heavy (non-hydrogen) atoms. The molecule has 5 heteroatoms. The molecule has 0 atom stereocenters. The fourth-order valence-electron chi connectivity index (χ4n) is 0.475. The number of hydrogen-bond donors (Lipinski definition) is 1. The third-order valence-electron chi connectivity index (χ3n) is 0.884. The van der Waals surface area contributed by atoms with Crippen LogP contribution in [0.2, 0.25) is 0 Å². The number of rotatable bonds is 0. The molecule has 0 spiro atoms. The van der Waals surface area contributed by atoms with Crippen LogP contribution in [0.4, 0.5) is 0 Å². The molecule has 0 saturated carbocycles. The lowest BCUT2D eigenvalue weighted by atomic mass is 10.5. The summed E-state index contributed by atoms with van der Waals surface area (Å²) in [7, 11) is 0. The Kier molecular flexibility index (Phi) is 3.50. The SMILES string of the molecule is C1=CCOC=C1.c1nn[nH]n1. The quantitative estimate of drug-likeness (QED) is 0.580. The van der Waals surface area contributed by atoms with Crippen LogP contribution >= 0.6 is 0 Å². The Morgan fingerprint density at radius 2 is 2.36 bits per heavy atom. The van der Waals surface area contributed by atoms with Gasteiger partial charge in [0.25, 0.3) is 0 Å². The van der Waals surface area contributed by atoms with E-state index in [1.54, 1.807) is 6.26 Å². The van der Waals surface area contributed by atoms with Crippen molar-refractivity contribution in [2.45, 2.75) is 0 Å². The van der Waals surface area contributed by atoms with Crippen LogP contribution in [0.25, 0.3) is 0 Å². The molecule has 0 bridgehead atoms. The number of aromatic amines is 1. The highest BCUT2D eigenvalue weighted by molar-refractivity contribution is 5.02. The van der Waals surface area contributed by atoms with E-state index in [4.69, 9.17) is 4.74 Å². The Balaban J connectivity index is 0.000000112. The minimum Gasteiger partial charge on any atom is -0.497 e. The third kappa shape index (κ3) is 3.85. The molecule has 0 fully saturated rings. The van der Waals surface area contributed by atoms with Gasteiger partial charge in [0, 0.05) is 0 Å². The molecule has 1 aromatic heterocycles. The Morgan fingerprint density at radius 1 is 1.36 bits per heavy atom. The highest BCUT2D eigenvalue weighted by atomic mass is 16.5. The third-order valence-corrected chi connectivity index (χ3v) is 0.884. The second-order valence-corrected chi connectivity index (χ2v) is 1.65. The van der Waals surface area contributed by atoms with Crippen LogP contribution in [-0.2, 0) is 4.74 Å². The molecule has 5 nitrogen and oxygen atoms in total. The molecular formula is C6H8N4O. The number of tetrazole rings is 1. The summed E-state index contributed by atoms with van der Waals surface area (Å²) in [6.45, 7) is 0.733. The average Bonchev–Trinajstić information content (AvgIpc) is 2.64. The largest absolute Gasteiger partial charge is 0.497 e. The van der Waals surface area contributed by atoms with E-state index in [0.29, 0.717) is 0 Å². The Hall–Kier alpha value is -1.65. The summed E-state index contributed by atoms with van der Waals surface area (Å²) in [5, 5.41) is 12.2. The Labute approximate surface area is 63.8 Å². The van der Waals surface area contributed by atoms with Gasteiger partial charge in [-0.2, -0.15) is 5.21 Å². The molecule has 2 rings (SSSR count). The molecule has 2 heterocycles. The van der Waals surface area contributed by atoms with Crippen LogP contribution in [0, 0.1) is 0 Å². The summed E-state index contributed by atoms with van der Waals surface area (Å²) in [6, 6.07) is 0. The highest BCUT2D eigenvalue weighted by Gasteiger charge is 1.75. The topological polar surface area (TPSA) is 63.7 Å². The van der Waals surface area contributed by atoms with Gasteiger partial charge in [-0.05, 0) is 12.2 Å². The lowest BCUT2D eigenvalue weighted by molar-refractivity contribution is 0.286. The number of H-pyrrole nitrogens is 1. The molecule has 0 aliphatic carbocycles. The number of aromatic nitrogens is 4. The molecule has 0 aromatic carbocycles. The number of allylic oxidation sites excluding steroid dienone is 2.